The second-order valence-corrected chi connectivity index (χ2v) is 2.44. The Morgan fingerprint density at radius 3 is 3.18 bits per heavy atom. The van der Waals surface area contributed by atoms with Crippen LogP contribution in [0.15, 0.2) is 5.16 Å². The van der Waals surface area contributed by atoms with Crippen LogP contribution in [0.25, 0.3) is 0 Å². The minimum absolute atomic E-state index is 0.0323. The molecule has 1 aliphatic heterocycles. The molecule has 0 spiro atoms. The van der Waals surface area contributed by atoms with Crippen LogP contribution in [0.5, 0.6) is 0 Å². The fourth-order valence-electron chi connectivity index (χ4n) is 0.775. The second kappa shape index (κ2) is 4.08. The van der Waals surface area contributed by atoms with Crippen molar-refractivity contribution in [3.05, 3.63) is 0 Å². The Bertz CT molecular complexity index is 161. The van der Waals surface area contributed by atoms with Crippen molar-refractivity contribution in [1.29, 1.82) is 0 Å². The number of hydrogen-bond acceptors (Lipinski definition) is 4. The van der Waals surface area contributed by atoms with Gasteiger partial charge in [-0.2, -0.15) is 0 Å². The Labute approximate surface area is 65.2 Å². The molecule has 4 nitrogen and oxygen atoms in total. The summed E-state index contributed by atoms with van der Waals surface area (Å²) in [6.45, 7) is 2.90. The monoisotopic (exact) mass is 157 g/mol. The van der Waals surface area contributed by atoms with Crippen LogP contribution in [0.4, 0.5) is 0 Å². The van der Waals surface area contributed by atoms with E-state index >= 15 is 0 Å². The van der Waals surface area contributed by atoms with E-state index in [1.54, 1.807) is 6.92 Å². The maximum absolute atomic E-state index is 10.1. The summed E-state index contributed by atoms with van der Waals surface area (Å²) in [6.07, 6.45) is 1.55. The third kappa shape index (κ3) is 2.67. The van der Waals surface area contributed by atoms with Crippen molar-refractivity contribution >= 4 is 12.0 Å². The van der Waals surface area contributed by atoms with Gasteiger partial charge in [-0.1, -0.05) is 5.16 Å². The number of hydrogen-bond donors (Lipinski definition) is 0. The first-order chi connectivity index (χ1) is 5.33. The number of carbonyl (C=O) groups excluding carboxylic acids is 1. The summed E-state index contributed by atoms with van der Waals surface area (Å²) < 4.78 is 5.04. The van der Waals surface area contributed by atoms with E-state index < -0.39 is 0 Å². The summed E-state index contributed by atoms with van der Waals surface area (Å²) in [7, 11) is 0. The van der Waals surface area contributed by atoms with Crippen molar-refractivity contribution in [2.75, 3.05) is 13.2 Å². The first kappa shape index (κ1) is 8.20. The van der Waals surface area contributed by atoms with Crippen molar-refractivity contribution < 1.29 is 14.4 Å². The first-order valence-electron chi connectivity index (χ1n) is 3.56. The molecular weight excluding hydrogens is 146 g/mol. The van der Waals surface area contributed by atoms with Gasteiger partial charge in [-0.15, -0.1) is 0 Å². The van der Waals surface area contributed by atoms with Crippen molar-refractivity contribution in [3.63, 3.8) is 0 Å². The second-order valence-electron chi connectivity index (χ2n) is 2.44. The molecule has 1 aliphatic rings. The zero-order valence-corrected chi connectivity index (χ0v) is 6.45. The molecule has 11 heavy (non-hydrogen) atoms. The maximum atomic E-state index is 10.1. The Hall–Kier alpha value is -0.900. The average molecular weight is 157 g/mol. The van der Waals surface area contributed by atoms with Gasteiger partial charge in [0.25, 0.3) is 0 Å². The standard InChI is InChI=1S/C7H11NO3/c1-6(4-9)8-11-7-2-3-10-5-7/h4,7H,2-3,5H2,1H3/b8-6+/t7-/m0/s1. The summed E-state index contributed by atoms with van der Waals surface area (Å²) in [5.41, 5.74) is 0.358. The lowest BCUT2D eigenvalue weighted by Gasteiger charge is -2.03. The van der Waals surface area contributed by atoms with Gasteiger partial charge in [0.05, 0.1) is 13.2 Å². The van der Waals surface area contributed by atoms with E-state index in [9.17, 15) is 4.79 Å². The number of rotatable bonds is 3. The minimum Gasteiger partial charge on any atom is -0.390 e. The molecule has 62 valence electrons. The van der Waals surface area contributed by atoms with Crippen LogP contribution in [0.1, 0.15) is 13.3 Å². The lowest BCUT2D eigenvalue weighted by atomic mass is 10.3. The van der Waals surface area contributed by atoms with Gasteiger partial charge in [0.15, 0.2) is 12.4 Å². The Balaban J connectivity index is 2.24. The molecular formula is C7H11NO3. The number of nitrogens with zero attached hydrogens (tertiary/aromatic N) is 1. The van der Waals surface area contributed by atoms with Crippen LogP contribution in [-0.2, 0) is 14.4 Å². The van der Waals surface area contributed by atoms with Gasteiger partial charge in [-0.05, 0) is 6.92 Å². The number of carbonyl (C=O) groups is 1. The smallest absolute Gasteiger partial charge is 0.167 e. The predicted molar refractivity (Wildman–Crippen MR) is 39.5 cm³/mol. The van der Waals surface area contributed by atoms with Crippen LogP contribution in [0.2, 0.25) is 0 Å². The summed E-state index contributed by atoms with van der Waals surface area (Å²) >= 11 is 0. The maximum Gasteiger partial charge on any atom is 0.167 e. The molecule has 0 radical (unpaired) electrons. The quantitative estimate of drug-likeness (QED) is 0.338. The van der Waals surface area contributed by atoms with Gasteiger partial charge in [0, 0.05) is 6.42 Å². The predicted octanol–water partition coefficient (Wildman–Crippen LogP) is 0.367. The highest BCUT2D eigenvalue weighted by Gasteiger charge is 2.16. The molecule has 0 bridgehead atoms. The van der Waals surface area contributed by atoms with Crippen LogP contribution < -0.4 is 0 Å². The highest BCUT2D eigenvalue weighted by atomic mass is 16.7. The lowest BCUT2D eigenvalue weighted by Crippen LogP contribution is -2.09. The van der Waals surface area contributed by atoms with Crippen LogP contribution in [0, 0.1) is 0 Å². The molecule has 0 saturated carbocycles. The number of oxime groups is 1. The van der Waals surface area contributed by atoms with Gasteiger partial charge in [-0.25, -0.2) is 0 Å². The number of aldehydes is 1. The Morgan fingerprint density at radius 2 is 2.64 bits per heavy atom. The van der Waals surface area contributed by atoms with Gasteiger partial charge < -0.3 is 9.57 Å². The van der Waals surface area contributed by atoms with Crippen LogP contribution >= 0.6 is 0 Å². The molecule has 0 aromatic carbocycles. The SMILES string of the molecule is C/C(C=O)=N\O[C@H]1CCOC1. The van der Waals surface area contributed by atoms with Crippen molar-refractivity contribution in [2.45, 2.75) is 19.4 Å². The van der Waals surface area contributed by atoms with Gasteiger partial charge in [0.1, 0.15) is 5.71 Å². The highest BCUT2D eigenvalue weighted by Crippen LogP contribution is 2.07. The molecule has 1 atom stereocenters. The minimum atomic E-state index is 0.0323. The van der Waals surface area contributed by atoms with E-state index in [1.165, 1.54) is 0 Å². The van der Waals surface area contributed by atoms with E-state index in [1.807, 2.05) is 0 Å². The zero-order valence-electron chi connectivity index (χ0n) is 6.45. The molecule has 0 aromatic heterocycles. The summed E-state index contributed by atoms with van der Waals surface area (Å²) in [4.78, 5) is 15.1. The topological polar surface area (TPSA) is 47.9 Å². The highest BCUT2D eigenvalue weighted by molar-refractivity contribution is 6.26. The molecule has 1 heterocycles. The lowest BCUT2D eigenvalue weighted by molar-refractivity contribution is -0.103. The van der Waals surface area contributed by atoms with E-state index in [0.717, 1.165) is 13.0 Å². The third-order valence-electron chi connectivity index (χ3n) is 1.40. The Morgan fingerprint density at radius 1 is 1.82 bits per heavy atom. The fourth-order valence-corrected chi connectivity index (χ4v) is 0.775. The normalized spacial score (nSPS) is 25.2. The van der Waals surface area contributed by atoms with E-state index in [4.69, 9.17) is 9.57 Å². The Kier molecular flexibility index (Phi) is 3.04. The van der Waals surface area contributed by atoms with E-state index in [0.29, 0.717) is 18.6 Å². The van der Waals surface area contributed by atoms with Crippen molar-refractivity contribution in [3.8, 4) is 0 Å². The average Bonchev–Trinajstić information content (AvgIpc) is 2.52. The molecule has 4 heteroatoms. The molecule has 1 rings (SSSR count). The van der Waals surface area contributed by atoms with E-state index in [-0.39, 0.29) is 6.10 Å². The van der Waals surface area contributed by atoms with Crippen molar-refractivity contribution in [1.82, 2.24) is 0 Å². The van der Waals surface area contributed by atoms with Crippen LogP contribution in [0.3, 0.4) is 0 Å². The van der Waals surface area contributed by atoms with Gasteiger partial charge in [0.2, 0.25) is 0 Å². The van der Waals surface area contributed by atoms with E-state index in [2.05, 4.69) is 5.16 Å². The first-order valence-corrected chi connectivity index (χ1v) is 3.56. The molecule has 0 N–H and O–H groups in total. The van der Waals surface area contributed by atoms with Gasteiger partial charge in [-0.3, -0.25) is 4.79 Å². The van der Waals surface area contributed by atoms with Gasteiger partial charge >= 0.3 is 0 Å². The van der Waals surface area contributed by atoms with Crippen molar-refractivity contribution in [2.24, 2.45) is 5.16 Å². The summed E-state index contributed by atoms with van der Waals surface area (Å²) in [5, 5.41) is 3.59. The van der Waals surface area contributed by atoms with Crippen LogP contribution in [-0.4, -0.2) is 31.3 Å². The molecule has 1 fully saturated rings. The summed E-state index contributed by atoms with van der Waals surface area (Å²) in [6, 6.07) is 0. The fraction of sp³-hybridized carbons (Fsp3) is 0.714. The molecule has 1 saturated heterocycles. The molecule has 0 unspecified atom stereocenters. The number of ether oxygens (including phenoxy) is 1. The molecule has 0 aliphatic carbocycles. The largest absolute Gasteiger partial charge is 0.390 e. The molecule has 0 aromatic rings. The molecule has 0 amide bonds. The third-order valence-corrected chi connectivity index (χ3v) is 1.40. The zero-order chi connectivity index (χ0) is 8.10. The summed E-state index contributed by atoms with van der Waals surface area (Å²) in [5.74, 6) is 0.